The first kappa shape index (κ1) is 20.1. The predicted octanol–water partition coefficient (Wildman–Crippen LogP) is 1.42. The highest BCUT2D eigenvalue weighted by Crippen LogP contribution is 1.95. The van der Waals surface area contributed by atoms with Gasteiger partial charge in [0.15, 0.2) is 0 Å². The zero-order valence-corrected chi connectivity index (χ0v) is 13.6. The molecule has 0 aromatic carbocycles. The van der Waals surface area contributed by atoms with Crippen LogP contribution >= 0.6 is 10.7 Å². The van der Waals surface area contributed by atoms with Crippen LogP contribution in [0.15, 0.2) is 0 Å². The molecule has 0 aliphatic heterocycles. The lowest BCUT2D eigenvalue weighted by Crippen LogP contribution is -2.13. The molecule has 0 atom stereocenters. The third-order valence-corrected chi connectivity index (χ3v) is 3.35. The molecular formula is C12H25ClO6S. The smallest absolute Gasteiger partial charge is 0.234 e. The monoisotopic (exact) mass is 332 g/mol. The first-order valence-electron chi connectivity index (χ1n) is 6.79. The Morgan fingerprint density at radius 3 is 1.55 bits per heavy atom. The minimum atomic E-state index is -3.47. The number of rotatable bonds is 15. The average molecular weight is 333 g/mol. The lowest BCUT2D eigenvalue weighted by atomic mass is 10.4. The van der Waals surface area contributed by atoms with Crippen LogP contribution in [0.5, 0.6) is 0 Å². The molecule has 0 unspecified atom stereocenters. The summed E-state index contributed by atoms with van der Waals surface area (Å²) in [7, 11) is 1.55. The molecule has 0 aliphatic carbocycles. The average Bonchev–Trinajstić information content (AvgIpc) is 2.38. The molecule has 0 aromatic heterocycles. The van der Waals surface area contributed by atoms with E-state index in [2.05, 4.69) is 6.92 Å². The summed E-state index contributed by atoms with van der Waals surface area (Å²) in [5, 5.41) is 0. The molecular weight excluding hydrogens is 308 g/mol. The van der Waals surface area contributed by atoms with Crippen molar-refractivity contribution in [2.24, 2.45) is 0 Å². The maximum absolute atomic E-state index is 10.6. The van der Waals surface area contributed by atoms with Crippen LogP contribution in [-0.2, 0) is 28.0 Å². The van der Waals surface area contributed by atoms with Gasteiger partial charge in [-0.2, -0.15) is 0 Å². The fourth-order valence-corrected chi connectivity index (χ4v) is 1.67. The fourth-order valence-electron chi connectivity index (χ4n) is 1.17. The van der Waals surface area contributed by atoms with E-state index >= 15 is 0 Å². The lowest BCUT2D eigenvalue weighted by molar-refractivity contribution is -0.000543. The van der Waals surface area contributed by atoms with Gasteiger partial charge in [0.2, 0.25) is 9.05 Å². The Hall–Kier alpha value is 0.0800. The van der Waals surface area contributed by atoms with Crippen molar-refractivity contribution in [2.45, 2.75) is 19.8 Å². The van der Waals surface area contributed by atoms with Gasteiger partial charge in [-0.05, 0) is 6.42 Å². The molecule has 20 heavy (non-hydrogen) atoms. The van der Waals surface area contributed by atoms with Gasteiger partial charge in [0.05, 0.1) is 52.0 Å². The van der Waals surface area contributed by atoms with Crippen molar-refractivity contribution in [3.05, 3.63) is 0 Å². The number of ether oxygens (including phenoxy) is 4. The zero-order valence-electron chi connectivity index (χ0n) is 12.0. The number of unbranched alkanes of at least 4 members (excludes halogenated alkanes) is 1. The molecule has 0 N–H and O–H groups in total. The molecule has 0 aromatic rings. The molecule has 0 spiro atoms. The van der Waals surface area contributed by atoms with Crippen molar-refractivity contribution < 1.29 is 27.4 Å². The molecule has 122 valence electrons. The summed E-state index contributed by atoms with van der Waals surface area (Å²) in [6, 6.07) is 0. The highest BCUT2D eigenvalue weighted by molar-refractivity contribution is 8.13. The summed E-state index contributed by atoms with van der Waals surface area (Å²) >= 11 is 0. The van der Waals surface area contributed by atoms with E-state index in [9.17, 15) is 8.42 Å². The van der Waals surface area contributed by atoms with Crippen molar-refractivity contribution in [2.75, 3.05) is 58.6 Å². The summed E-state index contributed by atoms with van der Waals surface area (Å²) in [4.78, 5) is 0. The van der Waals surface area contributed by atoms with E-state index in [1.54, 1.807) is 0 Å². The second-order valence-electron chi connectivity index (χ2n) is 4.05. The largest absolute Gasteiger partial charge is 0.379 e. The van der Waals surface area contributed by atoms with E-state index in [1.165, 1.54) is 0 Å². The normalized spacial score (nSPS) is 11.9. The van der Waals surface area contributed by atoms with E-state index in [1.807, 2.05) is 0 Å². The van der Waals surface area contributed by atoms with Gasteiger partial charge >= 0.3 is 0 Å². The third-order valence-electron chi connectivity index (χ3n) is 2.23. The molecule has 0 radical (unpaired) electrons. The van der Waals surface area contributed by atoms with Gasteiger partial charge in [0.25, 0.3) is 0 Å². The minimum absolute atomic E-state index is 0.0841. The molecule has 0 saturated heterocycles. The van der Waals surface area contributed by atoms with E-state index in [0.29, 0.717) is 39.6 Å². The molecule has 0 bridgehead atoms. The lowest BCUT2D eigenvalue weighted by Gasteiger charge is -2.07. The van der Waals surface area contributed by atoms with Crippen molar-refractivity contribution in [1.82, 2.24) is 0 Å². The standard InChI is InChI=1S/C12H25ClO6S/c1-2-3-4-16-5-6-17-7-8-18-9-10-19-11-12-20(13,14)15/h2-12H2,1H3. The van der Waals surface area contributed by atoms with Crippen LogP contribution in [-0.4, -0.2) is 67.0 Å². The van der Waals surface area contributed by atoms with Crippen molar-refractivity contribution in [3.8, 4) is 0 Å². The van der Waals surface area contributed by atoms with E-state index < -0.39 is 9.05 Å². The minimum Gasteiger partial charge on any atom is -0.379 e. The molecule has 8 heteroatoms. The maximum Gasteiger partial charge on any atom is 0.234 e. The van der Waals surface area contributed by atoms with Crippen LogP contribution in [0.2, 0.25) is 0 Å². The van der Waals surface area contributed by atoms with Crippen LogP contribution in [0.1, 0.15) is 19.8 Å². The summed E-state index contributed by atoms with van der Waals surface area (Å²) in [6.45, 7) is 5.89. The molecule has 0 saturated carbocycles. The van der Waals surface area contributed by atoms with E-state index in [0.717, 1.165) is 19.4 Å². The molecule has 0 aliphatic rings. The SMILES string of the molecule is CCCCOCCOCCOCCOCCS(=O)(=O)Cl. The van der Waals surface area contributed by atoms with Gasteiger partial charge in [0.1, 0.15) is 0 Å². The first-order chi connectivity index (χ1) is 9.56. The van der Waals surface area contributed by atoms with Crippen LogP contribution in [0.4, 0.5) is 0 Å². The molecule has 6 nitrogen and oxygen atoms in total. The van der Waals surface area contributed by atoms with Crippen LogP contribution < -0.4 is 0 Å². The molecule has 0 fully saturated rings. The van der Waals surface area contributed by atoms with Crippen LogP contribution in [0.3, 0.4) is 0 Å². The summed E-state index contributed by atoms with van der Waals surface area (Å²) < 4.78 is 42.1. The Balaban J connectivity index is 3.03. The number of hydrogen-bond donors (Lipinski definition) is 0. The van der Waals surface area contributed by atoms with Crippen LogP contribution in [0.25, 0.3) is 0 Å². The Kier molecular flexibility index (Phi) is 14.1. The second kappa shape index (κ2) is 14.0. The summed E-state index contributed by atoms with van der Waals surface area (Å²) in [5.41, 5.74) is 0. The van der Waals surface area contributed by atoms with Gasteiger partial charge in [-0.15, -0.1) is 0 Å². The molecule has 0 rings (SSSR count). The van der Waals surface area contributed by atoms with E-state index in [-0.39, 0.29) is 12.4 Å². The Morgan fingerprint density at radius 1 is 0.750 bits per heavy atom. The maximum atomic E-state index is 10.6. The van der Waals surface area contributed by atoms with Crippen LogP contribution in [0, 0.1) is 0 Å². The topological polar surface area (TPSA) is 71.1 Å². The first-order valence-corrected chi connectivity index (χ1v) is 9.27. The highest BCUT2D eigenvalue weighted by atomic mass is 35.7. The summed E-state index contributed by atoms with van der Waals surface area (Å²) in [5.74, 6) is -0.185. The van der Waals surface area contributed by atoms with Gasteiger partial charge in [-0.25, -0.2) is 8.42 Å². The fraction of sp³-hybridized carbons (Fsp3) is 1.00. The Morgan fingerprint density at radius 2 is 1.15 bits per heavy atom. The Bertz CT molecular complexity index is 296. The van der Waals surface area contributed by atoms with Crippen molar-refractivity contribution >= 4 is 19.7 Å². The van der Waals surface area contributed by atoms with Gasteiger partial charge in [0, 0.05) is 17.3 Å². The second-order valence-corrected chi connectivity index (χ2v) is 6.94. The zero-order chi connectivity index (χ0) is 15.1. The predicted molar refractivity (Wildman–Crippen MR) is 77.8 cm³/mol. The number of hydrogen-bond acceptors (Lipinski definition) is 6. The van der Waals surface area contributed by atoms with Crippen molar-refractivity contribution in [3.63, 3.8) is 0 Å². The van der Waals surface area contributed by atoms with Crippen molar-refractivity contribution in [1.29, 1.82) is 0 Å². The molecule has 0 heterocycles. The van der Waals surface area contributed by atoms with E-state index in [4.69, 9.17) is 29.6 Å². The third kappa shape index (κ3) is 18.1. The van der Waals surface area contributed by atoms with Gasteiger partial charge in [-0.1, -0.05) is 13.3 Å². The number of halogens is 1. The molecule has 0 amide bonds. The van der Waals surface area contributed by atoms with Gasteiger partial charge < -0.3 is 18.9 Å². The Labute approximate surface area is 126 Å². The summed E-state index contributed by atoms with van der Waals surface area (Å²) in [6.07, 6.45) is 2.21. The van der Waals surface area contributed by atoms with Gasteiger partial charge in [-0.3, -0.25) is 0 Å². The highest BCUT2D eigenvalue weighted by Gasteiger charge is 2.03. The quantitative estimate of drug-likeness (QED) is 0.334.